The molecule has 9 heteroatoms. The molecule has 1 saturated heterocycles. The fourth-order valence-electron chi connectivity index (χ4n) is 2.16. The van der Waals surface area contributed by atoms with Crippen LogP contribution in [-0.4, -0.2) is 58.3 Å². The molecule has 0 saturated carbocycles. The van der Waals surface area contributed by atoms with E-state index in [0.717, 1.165) is 12.8 Å². The Morgan fingerprint density at radius 2 is 2.19 bits per heavy atom. The highest BCUT2D eigenvalue weighted by molar-refractivity contribution is 5.86. The van der Waals surface area contributed by atoms with E-state index in [1.807, 2.05) is 0 Å². The van der Waals surface area contributed by atoms with Crippen LogP contribution in [0.1, 0.15) is 29.0 Å². The molecule has 0 radical (unpaired) electrons. The van der Waals surface area contributed by atoms with Crippen molar-refractivity contribution in [3.63, 3.8) is 0 Å². The van der Waals surface area contributed by atoms with Crippen LogP contribution in [0, 0.1) is 0 Å². The molecule has 1 aliphatic rings. The average Bonchev–Trinajstić information content (AvgIpc) is 2.83. The Labute approximate surface area is 121 Å². The number of methoxy groups -OCH3 is 1. The van der Waals surface area contributed by atoms with Gasteiger partial charge >= 0.3 is 5.97 Å². The molecule has 0 atom stereocenters. The van der Waals surface area contributed by atoms with Crippen LogP contribution < -0.4 is 5.32 Å². The zero-order valence-corrected chi connectivity index (χ0v) is 11.7. The third-order valence-electron chi connectivity index (χ3n) is 3.20. The maximum absolute atomic E-state index is 12.0. The maximum atomic E-state index is 12.0. The molecule has 2 rings (SSSR count). The Morgan fingerprint density at radius 3 is 2.81 bits per heavy atom. The van der Waals surface area contributed by atoms with Crippen LogP contribution >= 0.6 is 0 Å². The number of nitrogens with one attached hydrogen (secondary N) is 1. The Morgan fingerprint density at radius 1 is 1.48 bits per heavy atom. The molecule has 1 fully saturated rings. The monoisotopic (exact) mass is 298 g/mol. The first-order valence-electron chi connectivity index (χ1n) is 6.63. The molecule has 0 aromatic carbocycles. The smallest absolute Gasteiger partial charge is 0.358 e. The van der Waals surface area contributed by atoms with Gasteiger partial charge in [-0.05, 0) is 12.8 Å². The molecule has 1 aromatic rings. The van der Waals surface area contributed by atoms with Crippen LogP contribution in [-0.2, 0) is 27.4 Å². The minimum atomic E-state index is -1.20. The molecular weight excluding hydrogens is 280 g/mol. The minimum absolute atomic E-state index is 0.0270. The first kappa shape index (κ1) is 15.4. The van der Waals surface area contributed by atoms with Crippen molar-refractivity contribution in [1.82, 2.24) is 20.3 Å². The molecule has 0 spiro atoms. The summed E-state index contributed by atoms with van der Waals surface area (Å²) < 4.78 is 11.4. The summed E-state index contributed by atoms with van der Waals surface area (Å²) in [5.41, 5.74) is 0.0721. The lowest BCUT2D eigenvalue weighted by Crippen LogP contribution is -2.40. The zero-order valence-electron chi connectivity index (χ0n) is 11.7. The summed E-state index contributed by atoms with van der Waals surface area (Å²) >= 11 is 0. The second kappa shape index (κ2) is 7.14. The summed E-state index contributed by atoms with van der Waals surface area (Å²) in [6.07, 6.45) is 1.54. The highest BCUT2D eigenvalue weighted by atomic mass is 16.5. The van der Waals surface area contributed by atoms with Crippen LogP contribution in [0.3, 0.4) is 0 Å². The number of rotatable bonds is 6. The molecule has 21 heavy (non-hydrogen) atoms. The van der Waals surface area contributed by atoms with Crippen LogP contribution in [0.5, 0.6) is 0 Å². The van der Waals surface area contributed by atoms with Gasteiger partial charge in [-0.2, -0.15) is 0 Å². The Kier molecular flexibility index (Phi) is 5.23. The Hall–Kier alpha value is -2.00. The number of aromatic nitrogens is 3. The fraction of sp³-hybridized carbons (Fsp3) is 0.667. The predicted molar refractivity (Wildman–Crippen MR) is 69.7 cm³/mol. The molecule has 1 aliphatic heterocycles. The summed E-state index contributed by atoms with van der Waals surface area (Å²) in [6.45, 7) is 1.20. The third-order valence-corrected chi connectivity index (χ3v) is 3.20. The van der Waals surface area contributed by atoms with E-state index >= 15 is 0 Å². The van der Waals surface area contributed by atoms with Gasteiger partial charge in [0, 0.05) is 26.4 Å². The molecule has 9 nitrogen and oxygen atoms in total. The Balaban J connectivity index is 2.00. The van der Waals surface area contributed by atoms with Crippen molar-refractivity contribution in [1.29, 1.82) is 0 Å². The normalized spacial score (nSPS) is 15.9. The van der Waals surface area contributed by atoms with Crippen LogP contribution in [0.25, 0.3) is 0 Å². The minimum Gasteiger partial charge on any atom is -0.476 e. The van der Waals surface area contributed by atoms with Crippen LogP contribution in [0.2, 0.25) is 0 Å². The molecular formula is C12H18N4O5. The molecule has 0 aliphatic carbocycles. The quantitative estimate of drug-likeness (QED) is 0.721. The van der Waals surface area contributed by atoms with Crippen molar-refractivity contribution in [2.45, 2.75) is 32.0 Å². The summed E-state index contributed by atoms with van der Waals surface area (Å²) in [5.74, 6) is -1.43. The molecule has 1 aromatic heterocycles. The fourth-order valence-corrected chi connectivity index (χ4v) is 2.16. The molecule has 2 heterocycles. The standard InChI is InChI=1S/C12H18N4O5/c1-20-7-9-11(12(18)19)14-15-16(9)6-10(17)13-8-2-4-21-5-3-8/h8H,2-7H2,1H3,(H,13,17)(H,18,19). The highest BCUT2D eigenvalue weighted by Crippen LogP contribution is 2.09. The number of carbonyl (C=O) groups is 2. The molecule has 0 bridgehead atoms. The number of carboxylic acids is 1. The summed E-state index contributed by atoms with van der Waals surface area (Å²) in [7, 11) is 1.44. The Bertz CT molecular complexity index is 510. The van der Waals surface area contributed by atoms with Crippen molar-refractivity contribution < 1.29 is 24.2 Å². The summed E-state index contributed by atoms with van der Waals surface area (Å²) in [6, 6.07) is 0.0830. The zero-order chi connectivity index (χ0) is 15.2. The lowest BCUT2D eigenvalue weighted by molar-refractivity contribution is -0.123. The van der Waals surface area contributed by atoms with Gasteiger partial charge in [0.1, 0.15) is 6.54 Å². The second-order valence-electron chi connectivity index (χ2n) is 4.73. The van der Waals surface area contributed by atoms with Crippen LogP contribution in [0.15, 0.2) is 0 Å². The number of carboxylic acid groups (broad SMARTS) is 1. The number of carbonyl (C=O) groups excluding carboxylic acids is 1. The van der Waals surface area contributed by atoms with Gasteiger partial charge in [0.2, 0.25) is 5.91 Å². The van der Waals surface area contributed by atoms with Gasteiger partial charge in [-0.15, -0.1) is 5.10 Å². The molecule has 116 valence electrons. The topological polar surface area (TPSA) is 116 Å². The summed E-state index contributed by atoms with van der Waals surface area (Å²) in [4.78, 5) is 23.0. The SMILES string of the molecule is COCc1c(C(=O)O)nnn1CC(=O)NC1CCOCC1. The largest absolute Gasteiger partial charge is 0.476 e. The molecule has 2 N–H and O–H groups in total. The van der Waals surface area contributed by atoms with Crippen LogP contribution in [0.4, 0.5) is 0 Å². The van der Waals surface area contributed by atoms with E-state index < -0.39 is 5.97 Å². The van der Waals surface area contributed by atoms with Gasteiger partial charge < -0.3 is 19.9 Å². The highest BCUT2D eigenvalue weighted by Gasteiger charge is 2.21. The van der Waals surface area contributed by atoms with E-state index in [9.17, 15) is 9.59 Å². The van der Waals surface area contributed by atoms with Crippen molar-refractivity contribution in [3.05, 3.63) is 11.4 Å². The second-order valence-corrected chi connectivity index (χ2v) is 4.73. The number of hydrogen-bond acceptors (Lipinski definition) is 6. The van der Waals surface area contributed by atoms with Crippen molar-refractivity contribution in [2.24, 2.45) is 0 Å². The first-order valence-corrected chi connectivity index (χ1v) is 6.63. The number of ether oxygens (including phenoxy) is 2. The molecule has 0 unspecified atom stereocenters. The number of amides is 1. The number of nitrogens with zero attached hydrogens (tertiary/aromatic N) is 3. The van der Waals surface area contributed by atoms with Crippen molar-refractivity contribution in [3.8, 4) is 0 Å². The van der Waals surface area contributed by atoms with E-state index in [4.69, 9.17) is 14.6 Å². The summed E-state index contributed by atoms with van der Waals surface area (Å²) in [5, 5.41) is 19.2. The van der Waals surface area contributed by atoms with E-state index in [2.05, 4.69) is 15.6 Å². The average molecular weight is 298 g/mol. The predicted octanol–water partition coefficient (Wildman–Crippen LogP) is -0.582. The van der Waals surface area contributed by atoms with Crippen molar-refractivity contribution in [2.75, 3.05) is 20.3 Å². The van der Waals surface area contributed by atoms with Gasteiger partial charge in [0.05, 0.1) is 12.3 Å². The van der Waals surface area contributed by atoms with Gasteiger partial charge in [0.25, 0.3) is 0 Å². The van der Waals surface area contributed by atoms with E-state index in [1.54, 1.807) is 0 Å². The first-order chi connectivity index (χ1) is 10.1. The third kappa shape index (κ3) is 3.99. The van der Waals surface area contributed by atoms with Gasteiger partial charge in [-0.1, -0.05) is 5.21 Å². The number of hydrogen-bond donors (Lipinski definition) is 2. The lowest BCUT2D eigenvalue weighted by atomic mass is 10.1. The lowest BCUT2D eigenvalue weighted by Gasteiger charge is -2.23. The molecule has 1 amide bonds. The van der Waals surface area contributed by atoms with Gasteiger partial charge in [0.15, 0.2) is 5.69 Å². The maximum Gasteiger partial charge on any atom is 0.358 e. The van der Waals surface area contributed by atoms with Gasteiger partial charge in [-0.3, -0.25) is 4.79 Å². The number of aromatic carboxylic acids is 1. The van der Waals surface area contributed by atoms with Crippen molar-refractivity contribution >= 4 is 11.9 Å². The van der Waals surface area contributed by atoms with E-state index in [-0.39, 0.29) is 36.5 Å². The van der Waals surface area contributed by atoms with Gasteiger partial charge in [-0.25, -0.2) is 9.48 Å². The van der Waals surface area contributed by atoms with E-state index in [0.29, 0.717) is 13.2 Å². The van der Waals surface area contributed by atoms with E-state index in [1.165, 1.54) is 11.8 Å².